The van der Waals surface area contributed by atoms with Crippen LogP contribution in [0.25, 0.3) is 0 Å². The number of ether oxygens (including phenoxy) is 2. The summed E-state index contributed by atoms with van der Waals surface area (Å²) in [5.41, 5.74) is 0.0909. The van der Waals surface area contributed by atoms with Crippen LogP contribution in [0.2, 0.25) is 0 Å². The Morgan fingerprint density at radius 1 is 1.54 bits per heavy atom. The average Bonchev–Trinajstić information content (AvgIpc) is 2.59. The molecule has 0 aromatic rings. The predicted octanol–water partition coefficient (Wildman–Crippen LogP) is 2.29. The van der Waals surface area contributed by atoms with E-state index in [-0.39, 0.29) is 5.60 Å². The van der Waals surface area contributed by atoms with E-state index in [0.29, 0.717) is 6.10 Å². The monoisotopic (exact) mass is 182 g/mol. The van der Waals surface area contributed by atoms with Gasteiger partial charge in [0.15, 0.2) is 0 Å². The minimum Gasteiger partial charge on any atom is -0.374 e. The molecule has 0 aromatic heterocycles. The summed E-state index contributed by atoms with van der Waals surface area (Å²) in [5.74, 6) is 0. The highest BCUT2D eigenvalue weighted by molar-refractivity contribution is 5.11. The fourth-order valence-electron chi connectivity index (χ4n) is 2.25. The summed E-state index contributed by atoms with van der Waals surface area (Å²) in [7, 11) is 0. The van der Waals surface area contributed by atoms with Crippen LogP contribution in [0.15, 0.2) is 12.2 Å². The first-order chi connectivity index (χ1) is 6.35. The van der Waals surface area contributed by atoms with Crippen LogP contribution in [0.4, 0.5) is 0 Å². The van der Waals surface area contributed by atoms with Crippen LogP contribution < -0.4 is 0 Å². The molecule has 2 nitrogen and oxygen atoms in total. The molecule has 2 heteroatoms. The Hall–Kier alpha value is -0.340. The van der Waals surface area contributed by atoms with Gasteiger partial charge < -0.3 is 9.47 Å². The Bertz CT molecular complexity index is 192. The van der Waals surface area contributed by atoms with E-state index in [0.717, 1.165) is 26.1 Å². The quantitative estimate of drug-likeness (QED) is 0.610. The van der Waals surface area contributed by atoms with Crippen molar-refractivity contribution in [2.24, 2.45) is 0 Å². The van der Waals surface area contributed by atoms with Crippen molar-refractivity contribution in [1.82, 2.24) is 0 Å². The van der Waals surface area contributed by atoms with Gasteiger partial charge in [-0.05, 0) is 32.6 Å². The lowest BCUT2D eigenvalue weighted by molar-refractivity contribution is 0.00580. The molecule has 1 saturated heterocycles. The van der Waals surface area contributed by atoms with Crippen molar-refractivity contribution >= 4 is 0 Å². The highest BCUT2D eigenvalue weighted by atomic mass is 16.5. The molecule has 0 bridgehead atoms. The second kappa shape index (κ2) is 3.81. The lowest BCUT2D eigenvalue weighted by atomic mass is 9.87. The fraction of sp³-hybridized carbons (Fsp3) is 0.818. The minimum absolute atomic E-state index is 0.0909. The minimum atomic E-state index is 0.0909. The van der Waals surface area contributed by atoms with E-state index >= 15 is 0 Å². The van der Waals surface area contributed by atoms with Gasteiger partial charge in [0.2, 0.25) is 0 Å². The van der Waals surface area contributed by atoms with Crippen LogP contribution in [0.1, 0.15) is 32.6 Å². The summed E-state index contributed by atoms with van der Waals surface area (Å²) < 4.78 is 11.3. The third-order valence-electron chi connectivity index (χ3n) is 2.98. The van der Waals surface area contributed by atoms with Gasteiger partial charge in [-0.25, -0.2) is 0 Å². The first-order valence-corrected chi connectivity index (χ1v) is 5.29. The molecule has 0 radical (unpaired) electrons. The fourth-order valence-corrected chi connectivity index (χ4v) is 2.25. The first kappa shape index (κ1) is 9.22. The highest BCUT2D eigenvalue weighted by Gasteiger charge is 2.35. The lowest BCUT2D eigenvalue weighted by Crippen LogP contribution is -2.31. The molecule has 0 unspecified atom stereocenters. The molecule has 1 aliphatic heterocycles. The smallest absolute Gasteiger partial charge is 0.0865 e. The molecule has 0 amide bonds. The van der Waals surface area contributed by atoms with E-state index in [2.05, 4.69) is 12.2 Å². The molecular formula is C11H18O2. The van der Waals surface area contributed by atoms with Gasteiger partial charge >= 0.3 is 0 Å². The summed E-state index contributed by atoms with van der Waals surface area (Å²) in [6.45, 7) is 3.79. The number of hydrogen-bond acceptors (Lipinski definition) is 2. The topological polar surface area (TPSA) is 18.5 Å². The van der Waals surface area contributed by atoms with Gasteiger partial charge in [0.1, 0.15) is 0 Å². The standard InChI is InChI=1S/C11H18O2/c1-2-12-10-4-7-11(8-5-10)6-3-9-13-11/h4,7,10H,2-3,5-6,8-9H2,1H3/t10-,11-/m0/s1. The van der Waals surface area contributed by atoms with E-state index < -0.39 is 0 Å². The highest BCUT2D eigenvalue weighted by Crippen LogP contribution is 2.35. The lowest BCUT2D eigenvalue weighted by Gasteiger charge is -2.30. The molecule has 1 spiro atoms. The van der Waals surface area contributed by atoms with Crippen molar-refractivity contribution in [3.8, 4) is 0 Å². The van der Waals surface area contributed by atoms with Gasteiger partial charge in [-0.15, -0.1) is 0 Å². The van der Waals surface area contributed by atoms with E-state index in [1.165, 1.54) is 12.8 Å². The average molecular weight is 182 g/mol. The van der Waals surface area contributed by atoms with Crippen LogP contribution in [0.5, 0.6) is 0 Å². The second-order valence-corrected chi connectivity index (χ2v) is 3.91. The molecule has 2 atom stereocenters. The maximum Gasteiger partial charge on any atom is 0.0865 e. The molecule has 1 heterocycles. The molecule has 1 aliphatic carbocycles. The van der Waals surface area contributed by atoms with E-state index in [1.807, 2.05) is 6.92 Å². The summed E-state index contributed by atoms with van der Waals surface area (Å²) in [4.78, 5) is 0. The summed E-state index contributed by atoms with van der Waals surface area (Å²) in [6, 6.07) is 0. The van der Waals surface area contributed by atoms with Crippen LogP contribution in [-0.2, 0) is 9.47 Å². The van der Waals surface area contributed by atoms with Gasteiger partial charge in [0.25, 0.3) is 0 Å². The Labute approximate surface area is 79.9 Å². The van der Waals surface area contributed by atoms with Gasteiger partial charge in [0.05, 0.1) is 11.7 Å². The van der Waals surface area contributed by atoms with E-state index in [9.17, 15) is 0 Å². The second-order valence-electron chi connectivity index (χ2n) is 3.91. The van der Waals surface area contributed by atoms with Crippen molar-refractivity contribution in [1.29, 1.82) is 0 Å². The van der Waals surface area contributed by atoms with Crippen molar-refractivity contribution in [3.63, 3.8) is 0 Å². The van der Waals surface area contributed by atoms with Crippen molar-refractivity contribution in [3.05, 3.63) is 12.2 Å². The Kier molecular flexibility index (Phi) is 2.70. The molecule has 0 saturated carbocycles. The van der Waals surface area contributed by atoms with Crippen LogP contribution in [-0.4, -0.2) is 24.9 Å². The van der Waals surface area contributed by atoms with Crippen molar-refractivity contribution < 1.29 is 9.47 Å². The van der Waals surface area contributed by atoms with Gasteiger partial charge in [-0.2, -0.15) is 0 Å². The molecule has 1 fully saturated rings. The molecule has 74 valence electrons. The summed E-state index contributed by atoms with van der Waals surface area (Å²) in [5, 5.41) is 0. The maximum atomic E-state index is 5.77. The van der Waals surface area contributed by atoms with Crippen LogP contribution >= 0.6 is 0 Å². The normalized spacial score (nSPS) is 38.7. The molecular weight excluding hydrogens is 164 g/mol. The zero-order valence-electron chi connectivity index (χ0n) is 8.29. The zero-order valence-corrected chi connectivity index (χ0v) is 8.29. The third kappa shape index (κ3) is 1.94. The predicted molar refractivity (Wildman–Crippen MR) is 51.7 cm³/mol. The van der Waals surface area contributed by atoms with Crippen molar-refractivity contribution in [2.45, 2.75) is 44.3 Å². The van der Waals surface area contributed by atoms with Gasteiger partial charge in [-0.3, -0.25) is 0 Å². The van der Waals surface area contributed by atoms with Gasteiger partial charge in [0, 0.05) is 13.2 Å². The Morgan fingerprint density at radius 3 is 3.00 bits per heavy atom. The van der Waals surface area contributed by atoms with E-state index in [1.54, 1.807) is 0 Å². The van der Waals surface area contributed by atoms with E-state index in [4.69, 9.17) is 9.47 Å². The molecule has 0 aromatic carbocycles. The Morgan fingerprint density at radius 2 is 2.46 bits per heavy atom. The third-order valence-corrected chi connectivity index (χ3v) is 2.98. The number of hydrogen-bond donors (Lipinski definition) is 0. The maximum absolute atomic E-state index is 5.77. The zero-order chi connectivity index (χ0) is 9.15. The van der Waals surface area contributed by atoms with Crippen LogP contribution in [0.3, 0.4) is 0 Å². The SMILES string of the molecule is CCO[C@H]1C=C[C@@]2(CCCO2)CC1. The molecule has 13 heavy (non-hydrogen) atoms. The molecule has 0 N–H and O–H groups in total. The largest absolute Gasteiger partial charge is 0.374 e. The first-order valence-electron chi connectivity index (χ1n) is 5.29. The summed E-state index contributed by atoms with van der Waals surface area (Å²) in [6.07, 6.45) is 9.40. The molecule has 2 rings (SSSR count). The van der Waals surface area contributed by atoms with Crippen LogP contribution in [0, 0.1) is 0 Å². The Balaban J connectivity index is 1.94. The van der Waals surface area contributed by atoms with Gasteiger partial charge in [-0.1, -0.05) is 12.2 Å². The summed E-state index contributed by atoms with van der Waals surface area (Å²) >= 11 is 0. The van der Waals surface area contributed by atoms with Crippen molar-refractivity contribution in [2.75, 3.05) is 13.2 Å². The molecule has 2 aliphatic rings. The number of rotatable bonds is 2.